The van der Waals surface area contributed by atoms with Crippen LogP contribution >= 0.6 is 0 Å². The maximum absolute atomic E-state index is 13.0. The maximum atomic E-state index is 13.0. The first-order chi connectivity index (χ1) is 16.5. The first kappa shape index (κ1) is 23.8. The van der Waals surface area contributed by atoms with Crippen molar-refractivity contribution in [1.82, 2.24) is 4.31 Å². The number of carbonyl (C=O) groups is 1. The van der Waals surface area contributed by atoms with Gasteiger partial charge in [-0.05, 0) is 68.3 Å². The Labute approximate surface area is 200 Å². The van der Waals surface area contributed by atoms with E-state index < -0.39 is 10.0 Å². The minimum absolute atomic E-state index is 0.137. The SMILES string of the molecule is CCOc1ccc(S(=O)(=O)N2CCC(C(=O)Nc3ccccc3Oc3ccccc3)CC2)cc1. The van der Waals surface area contributed by atoms with Crippen LogP contribution in [0, 0.1) is 5.92 Å². The Morgan fingerprint density at radius 2 is 1.56 bits per heavy atom. The van der Waals surface area contributed by atoms with Crippen molar-refractivity contribution >= 4 is 21.6 Å². The first-order valence-electron chi connectivity index (χ1n) is 11.3. The molecule has 1 amide bonds. The van der Waals surface area contributed by atoms with E-state index in [0.717, 1.165) is 0 Å². The normalized spacial score (nSPS) is 15.0. The fourth-order valence-corrected chi connectivity index (χ4v) is 5.36. The highest BCUT2D eigenvalue weighted by molar-refractivity contribution is 7.89. The Hall–Kier alpha value is -3.36. The number of anilines is 1. The number of sulfonamides is 1. The molecular weight excluding hydrogens is 452 g/mol. The number of nitrogens with one attached hydrogen (secondary N) is 1. The van der Waals surface area contributed by atoms with E-state index in [9.17, 15) is 13.2 Å². The molecule has 0 aliphatic carbocycles. The van der Waals surface area contributed by atoms with Crippen molar-refractivity contribution < 1.29 is 22.7 Å². The number of hydrogen-bond donors (Lipinski definition) is 1. The maximum Gasteiger partial charge on any atom is 0.243 e. The van der Waals surface area contributed by atoms with Crippen LogP contribution in [-0.2, 0) is 14.8 Å². The van der Waals surface area contributed by atoms with Crippen LogP contribution in [0.3, 0.4) is 0 Å². The molecule has 1 aliphatic heterocycles. The third-order valence-corrected chi connectivity index (χ3v) is 7.63. The molecule has 0 unspecified atom stereocenters. The van der Waals surface area contributed by atoms with Gasteiger partial charge in [-0.15, -0.1) is 0 Å². The summed E-state index contributed by atoms with van der Waals surface area (Å²) in [6.07, 6.45) is 0.896. The van der Waals surface area contributed by atoms with Crippen molar-refractivity contribution in [3.8, 4) is 17.2 Å². The lowest BCUT2D eigenvalue weighted by molar-refractivity contribution is -0.120. The van der Waals surface area contributed by atoms with Crippen LogP contribution in [-0.4, -0.2) is 38.3 Å². The minimum Gasteiger partial charge on any atom is -0.494 e. The third-order valence-electron chi connectivity index (χ3n) is 5.71. The van der Waals surface area contributed by atoms with Crippen molar-refractivity contribution in [2.24, 2.45) is 5.92 Å². The Morgan fingerprint density at radius 3 is 2.24 bits per heavy atom. The molecule has 3 aromatic carbocycles. The Balaban J connectivity index is 1.37. The van der Waals surface area contributed by atoms with Gasteiger partial charge in [0.2, 0.25) is 15.9 Å². The predicted molar refractivity (Wildman–Crippen MR) is 131 cm³/mol. The zero-order valence-electron chi connectivity index (χ0n) is 19.0. The highest BCUT2D eigenvalue weighted by atomic mass is 32.2. The molecule has 0 atom stereocenters. The number of para-hydroxylation sites is 3. The number of amides is 1. The monoisotopic (exact) mass is 480 g/mol. The summed E-state index contributed by atoms with van der Waals surface area (Å²) in [5.41, 5.74) is 0.584. The van der Waals surface area contributed by atoms with Gasteiger partial charge >= 0.3 is 0 Å². The molecule has 3 aromatic rings. The standard InChI is InChI=1S/C26H28N2O5S/c1-2-32-21-12-14-23(15-13-21)34(30,31)28-18-16-20(17-19-28)26(29)27-24-10-6-7-11-25(24)33-22-8-4-3-5-9-22/h3-15,20H,2,16-19H2,1H3,(H,27,29). The summed E-state index contributed by atoms with van der Waals surface area (Å²) < 4.78 is 38.8. The van der Waals surface area contributed by atoms with Gasteiger partial charge in [-0.25, -0.2) is 8.42 Å². The average Bonchev–Trinajstić information content (AvgIpc) is 2.86. The molecule has 8 heteroatoms. The zero-order valence-corrected chi connectivity index (χ0v) is 19.8. The fraction of sp³-hybridized carbons (Fsp3) is 0.269. The van der Waals surface area contributed by atoms with Crippen molar-refractivity contribution in [3.05, 3.63) is 78.9 Å². The van der Waals surface area contributed by atoms with E-state index >= 15 is 0 Å². The molecule has 4 rings (SSSR count). The molecule has 1 N–H and O–H groups in total. The second-order valence-corrected chi connectivity index (χ2v) is 9.92. The number of hydrogen-bond acceptors (Lipinski definition) is 5. The highest BCUT2D eigenvalue weighted by Gasteiger charge is 2.32. The lowest BCUT2D eigenvalue weighted by Gasteiger charge is -2.30. The molecule has 1 aliphatic rings. The van der Waals surface area contributed by atoms with Gasteiger partial charge in [-0.1, -0.05) is 30.3 Å². The van der Waals surface area contributed by atoms with Crippen molar-refractivity contribution in [2.45, 2.75) is 24.7 Å². The first-order valence-corrected chi connectivity index (χ1v) is 12.8. The topological polar surface area (TPSA) is 84.9 Å². The van der Waals surface area contributed by atoms with E-state index in [2.05, 4.69) is 5.32 Å². The molecule has 1 fully saturated rings. The molecule has 0 saturated carbocycles. The van der Waals surface area contributed by atoms with Gasteiger partial charge < -0.3 is 14.8 Å². The highest BCUT2D eigenvalue weighted by Crippen LogP contribution is 2.31. The zero-order chi connectivity index (χ0) is 24.0. The number of carbonyl (C=O) groups excluding carboxylic acids is 1. The van der Waals surface area contributed by atoms with Crippen LogP contribution in [0.5, 0.6) is 17.2 Å². The summed E-state index contributed by atoms with van der Waals surface area (Å²) in [5.74, 6) is 1.45. The molecule has 0 aromatic heterocycles. The molecular formula is C26H28N2O5S. The van der Waals surface area contributed by atoms with Crippen LogP contribution in [0.2, 0.25) is 0 Å². The predicted octanol–water partition coefficient (Wildman–Crippen LogP) is 4.92. The van der Waals surface area contributed by atoms with Crippen LogP contribution in [0.15, 0.2) is 83.8 Å². The summed E-state index contributed by atoms with van der Waals surface area (Å²) in [6.45, 7) is 2.97. The van der Waals surface area contributed by atoms with E-state index in [1.54, 1.807) is 36.4 Å². The van der Waals surface area contributed by atoms with Crippen LogP contribution < -0.4 is 14.8 Å². The van der Waals surface area contributed by atoms with Gasteiger partial charge in [-0.2, -0.15) is 4.31 Å². The lowest BCUT2D eigenvalue weighted by Crippen LogP contribution is -2.41. The third kappa shape index (κ3) is 5.58. The molecule has 0 radical (unpaired) electrons. The van der Waals surface area contributed by atoms with Gasteiger partial charge in [0.1, 0.15) is 11.5 Å². The minimum atomic E-state index is -3.62. The fourth-order valence-electron chi connectivity index (χ4n) is 3.89. The van der Waals surface area contributed by atoms with Crippen molar-refractivity contribution in [1.29, 1.82) is 0 Å². The van der Waals surface area contributed by atoms with Crippen LogP contribution in [0.4, 0.5) is 5.69 Å². The summed E-state index contributed by atoms with van der Waals surface area (Å²) in [4.78, 5) is 13.2. The van der Waals surface area contributed by atoms with E-state index in [1.165, 1.54) is 4.31 Å². The summed E-state index contributed by atoms with van der Waals surface area (Å²) in [6, 6.07) is 23.1. The van der Waals surface area contributed by atoms with E-state index in [1.807, 2.05) is 49.4 Å². The molecule has 1 saturated heterocycles. The summed E-state index contributed by atoms with van der Waals surface area (Å²) in [7, 11) is -3.62. The van der Waals surface area contributed by atoms with Crippen LogP contribution in [0.1, 0.15) is 19.8 Å². The van der Waals surface area contributed by atoms with Gasteiger partial charge in [0, 0.05) is 19.0 Å². The summed E-state index contributed by atoms with van der Waals surface area (Å²) >= 11 is 0. The number of benzene rings is 3. The van der Waals surface area contributed by atoms with E-state index in [4.69, 9.17) is 9.47 Å². The number of rotatable bonds is 8. The largest absolute Gasteiger partial charge is 0.494 e. The second kappa shape index (κ2) is 10.7. The molecule has 0 spiro atoms. The lowest BCUT2D eigenvalue weighted by atomic mass is 9.97. The smallest absolute Gasteiger partial charge is 0.243 e. The van der Waals surface area contributed by atoms with Gasteiger partial charge in [0.15, 0.2) is 5.75 Å². The molecule has 0 bridgehead atoms. The number of ether oxygens (including phenoxy) is 2. The Bertz CT molecular complexity index is 1210. The summed E-state index contributed by atoms with van der Waals surface area (Å²) in [5, 5.41) is 2.96. The van der Waals surface area contributed by atoms with E-state index in [-0.39, 0.29) is 29.8 Å². The number of piperidine rings is 1. The quantitative estimate of drug-likeness (QED) is 0.495. The van der Waals surface area contributed by atoms with E-state index in [0.29, 0.717) is 42.4 Å². The van der Waals surface area contributed by atoms with Gasteiger partial charge in [0.05, 0.1) is 17.2 Å². The van der Waals surface area contributed by atoms with Gasteiger partial charge in [0.25, 0.3) is 0 Å². The number of nitrogens with zero attached hydrogens (tertiary/aromatic N) is 1. The van der Waals surface area contributed by atoms with Crippen molar-refractivity contribution in [3.63, 3.8) is 0 Å². The molecule has 1 heterocycles. The molecule has 34 heavy (non-hydrogen) atoms. The second-order valence-electron chi connectivity index (χ2n) is 7.98. The Kier molecular flexibility index (Phi) is 7.49. The van der Waals surface area contributed by atoms with Crippen molar-refractivity contribution in [2.75, 3.05) is 25.0 Å². The molecule has 7 nitrogen and oxygen atoms in total. The average molecular weight is 481 g/mol. The Morgan fingerprint density at radius 1 is 0.912 bits per heavy atom. The molecule has 178 valence electrons. The van der Waals surface area contributed by atoms with Gasteiger partial charge in [-0.3, -0.25) is 4.79 Å². The van der Waals surface area contributed by atoms with Crippen LogP contribution in [0.25, 0.3) is 0 Å².